The van der Waals surface area contributed by atoms with Crippen LogP contribution in [0.1, 0.15) is 43.7 Å². The van der Waals surface area contributed by atoms with Gasteiger partial charge in [-0.05, 0) is 81.1 Å². The Morgan fingerprint density at radius 3 is 2.65 bits per heavy atom. The Balaban J connectivity index is 1.61. The second kappa shape index (κ2) is 10.2. The van der Waals surface area contributed by atoms with Crippen LogP contribution in [0.25, 0.3) is 11.1 Å². The number of carbonyl (C=O) groups is 3. The Bertz CT molecular complexity index is 1370. The lowest BCUT2D eigenvalue weighted by atomic mass is 9.81. The molecule has 4 rings (SSSR count). The van der Waals surface area contributed by atoms with Gasteiger partial charge in [-0.1, -0.05) is 23.7 Å². The van der Waals surface area contributed by atoms with E-state index in [1.165, 1.54) is 6.07 Å². The van der Waals surface area contributed by atoms with E-state index in [0.717, 1.165) is 6.26 Å². The Kier molecular flexibility index (Phi) is 7.52. The number of nitrogens with zero attached hydrogens (tertiary/aromatic N) is 1. The van der Waals surface area contributed by atoms with Crippen LogP contribution in [-0.4, -0.2) is 68.5 Å². The molecule has 198 valence electrons. The number of hydrogen-bond donors (Lipinski definition) is 1. The first-order valence-electron chi connectivity index (χ1n) is 12.2. The van der Waals surface area contributed by atoms with Crippen molar-refractivity contribution in [2.75, 3.05) is 25.9 Å². The van der Waals surface area contributed by atoms with Gasteiger partial charge in [-0.2, -0.15) is 0 Å². The standard InChI is InChI=1S/C27H31ClN2O6S/c1-16(2)29-23(31)14-30-10-6-9-27(15-30)25(32)24(26(33)36-27)20-13-22(28)21(11-17(20)3)18-7-5-8-19(12-18)37(4,34)35/h5,7-8,11-13,16,24H,6,9-10,14-15H2,1-4H3,(H,29,31). The minimum Gasteiger partial charge on any atom is -0.449 e. The average molecular weight is 547 g/mol. The third kappa shape index (κ3) is 5.58. The van der Waals surface area contributed by atoms with Crippen molar-refractivity contribution in [1.82, 2.24) is 10.2 Å². The van der Waals surface area contributed by atoms with E-state index in [9.17, 15) is 22.8 Å². The van der Waals surface area contributed by atoms with E-state index in [0.29, 0.717) is 46.7 Å². The van der Waals surface area contributed by atoms with E-state index in [4.69, 9.17) is 16.3 Å². The lowest BCUT2D eigenvalue weighted by Gasteiger charge is -2.37. The molecule has 0 radical (unpaired) electrons. The van der Waals surface area contributed by atoms with Crippen molar-refractivity contribution in [3.05, 3.63) is 52.5 Å². The first-order valence-corrected chi connectivity index (χ1v) is 14.5. The number of carbonyl (C=O) groups excluding carboxylic acids is 3. The highest BCUT2D eigenvalue weighted by Crippen LogP contribution is 2.42. The number of benzene rings is 2. The van der Waals surface area contributed by atoms with E-state index < -0.39 is 27.3 Å². The van der Waals surface area contributed by atoms with Crippen LogP contribution in [-0.2, 0) is 29.0 Å². The van der Waals surface area contributed by atoms with Crippen LogP contribution in [0.4, 0.5) is 0 Å². The van der Waals surface area contributed by atoms with Crippen molar-refractivity contribution in [2.24, 2.45) is 0 Å². The number of sulfone groups is 1. The van der Waals surface area contributed by atoms with Crippen molar-refractivity contribution in [2.45, 2.75) is 56.1 Å². The number of ketones is 1. The molecule has 2 saturated heterocycles. The highest BCUT2D eigenvalue weighted by molar-refractivity contribution is 7.90. The lowest BCUT2D eigenvalue weighted by molar-refractivity contribution is -0.157. The summed E-state index contributed by atoms with van der Waals surface area (Å²) in [4.78, 5) is 41.0. The number of ether oxygens (including phenoxy) is 1. The van der Waals surface area contributed by atoms with Crippen molar-refractivity contribution in [1.29, 1.82) is 0 Å². The van der Waals surface area contributed by atoms with Crippen molar-refractivity contribution < 1.29 is 27.5 Å². The molecule has 2 atom stereocenters. The van der Waals surface area contributed by atoms with Gasteiger partial charge in [0, 0.05) is 29.4 Å². The molecule has 8 nitrogen and oxygen atoms in total. The topological polar surface area (TPSA) is 110 Å². The highest BCUT2D eigenvalue weighted by atomic mass is 35.5. The molecule has 0 aliphatic carbocycles. The lowest BCUT2D eigenvalue weighted by Crippen LogP contribution is -2.54. The summed E-state index contributed by atoms with van der Waals surface area (Å²) in [7, 11) is -3.40. The number of aryl methyl sites for hydroxylation is 1. The Morgan fingerprint density at radius 1 is 1.24 bits per heavy atom. The Morgan fingerprint density at radius 2 is 1.97 bits per heavy atom. The summed E-state index contributed by atoms with van der Waals surface area (Å²) in [5.74, 6) is -2.20. The van der Waals surface area contributed by atoms with E-state index in [2.05, 4.69) is 5.32 Å². The highest BCUT2D eigenvalue weighted by Gasteiger charge is 2.57. The van der Waals surface area contributed by atoms with Crippen molar-refractivity contribution in [3.8, 4) is 11.1 Å². The molecule has 1 spiro atoms. The molecular formula is C27H31ClN2O6S. The first-order chi connectivity index (χ1) is 17.3. The third-order valence-corrected chi connectivity index (χ3v) is 8.26. The molecule has 2 heterocycles. The fourth-order valence-electron chi connectivity index (χ4n) is 5.16. The summed E-state index contributed by atoms with van der Waals surface area (Å²) < 4.78 is 29.7. The van der Waals surface area contributed by atoms with Gasteiger partial charge in [0.1, 0.15) is 5.92 Å². The number of piperidine rings is 1. The summed E-state index contributed by atoms with van der Waals surface area (Å²) in [6.07, 6.45) is 2.16. The number of Topliss-reactive ketones (excluding diaryl/α,β-unsaturated/α-hetero) is 1. The van der Waals surface area contributed by atoms with Crippen LogP contribution in [0, 0.1) is 6.92 Å². The monoisotopic (exact) mass is 546 g/mol. The second-order valence-corrected chi connectivity index (χ2v) is 12.7. The van der Waals surface area contributed by atoms with Crippen molar-refractivity contribution >= 4 is 39.1 Å². The van der Waals surface area contributed by atoms with E-state index >= 15 is 0 Å². The van der Waals surface area contributed by atoms with Gasteiger partial charge in [-0.3, -0.25) is 19.3 Å². The summed E-state index contributed by atoms with van der Waals surface area (Å²) >= 11 is 6.61. The fraction of sp³-hybridized carbons (Fsp3) is 0.444. The molecule has 1 amide bonds. The van der Waals surface area contributed by atoms with Gasteiger partial charge in [-0.25, -0.2) is 8.42 Å². The molecule has 2 unspecified atom stereocenters. The summed E-state index contributed by atoms with van der Waals surface area (Å²) in [5, 5.41) is 3.14. The molecular weight excluding hydrogens is 516 g/mol. The van der Waals surface area contributed by atoms with E-state index in [1.54, 1.807) is 37.3 Å². The SMILES string of the molecule is Cc1cc(-c2cccc(S(C)(=O)=O)c2)c(Cl)cc1C1C(=O)OC2(CCCN(CC(=O)NC(C)C)C2)C1=O. The van der Waals surface area contributed by atoms with Gasteiger partial charge < -0.3 is 10.1 Å². The molecule has 0 bridgehead atoms. The molecule has 37 heavy (non-hydrogen) atoms. The number of esters is 1. The minimum atomic E-state index is -3.40. The molecule has 1 N–H and O–H groups in total. The Labute approximate surface area is 222 Å². The average Bonchev–Trinajstić information content (AvgIpc) is 3.02. The zero-order valence-electron chi connectivity index (χ0n) is 21.3. The maximum atomic E-state index is 13.7. The predicted octanol–water partition coefficient (Wildman–Crippen LogP) is 3.29. The van der Waals surface area contributed by atoms with Gasteiger partial charge in [0.05, 0.1) is 11.4 Å². The van der Waals surface area contributed by atoms with Gasteiger partial charge in [0.25, 0.3) is 0 Å². The molecule has 2 aliphatic heterocycles. The summed E-state index contributed by atoms with van der Waals surface area (Å²) in [6.45, 7) is 6.47. The van der Waals surface area contributed by atoms with Crippen LogP contribution in [0.2, 0.25) is 5.02 Å². The maximum Gasteiger partial charge on any atom is 0.322 e. The molecule has 0 saturated carbocycles. The number of amides is 1. The van der Waals surface area contributed by atoms with E-state index in [-0.39, 0.29) is 35.7 Å². The van der Waals surface area contributed by atoms with Gasteiger partial charge >= 0.3 is 5.97 Å². The molecule has 2 aromatic rings. The smallest absolute Gasteiger partial charge is 0.322 e. The van der Waals surface area contributed by atoms with Gasteiger partial charge in [0.15, 0.2) is 21.2 Å². The number of rotatable bonds is 6. The fourth-order valence-corrected chi connectivity index (χ4v) is 6.11. The predicted molar refractivity (Wildman–Crippen MR) is 140 cm³/mol. The van der Waals surface area contributed by atoms with Crippen molar-refractivity contribution in [3.63, 3.8) is 0 Å². The molecule has 2 aliphatic rings. The normalized spacial score (nSPS) is 22.5. The zero-order chi connectivity index (χ0) is 27.1. The third-order valence-electron chi connectivity index (χ3n) is 6.83. The maximum absolute atomic E-state index is 13.7. The molecule has 2 fully saturated rings. The molecule has 2 aromatic carbocycles. The molecule has 0 aromatic heterocycles. The summed E-state index contributed by atoms with van der Waals surface area (Å²) in [6, 6.07) is 9.82. The minimum absolute atomic E-state index is 0.00566. The van der Waals surface area contributed by atoms with Crippen LogP contribution in [0.5, 0.6) is 0 Å². The van der Waals surface area contributed by atoms with Crippen LogP contribution in [0.3, 0.4) is 0 Å². The van der Waals surface area contributed by atoms with Gasteiger partial charge in [0.2, 0.25) is 5.91 Å². The summed E-state index contributed by atoms with van der Waals surface area (Å²) in [5.41, 5.74) is 1.05. The largest absolute Gasteiger partial charge is 0.449 e. The van der Waals surface area contributed by atoms with Gasteiger partial charge in [-0.15, -0.1) is 0 Å². The first kappa shape index (κ1) is 27.3. The van der Waals surface area contributed by atoms with Crippen LogP contribution in [0.15, 0.2) is 41.3 Å². The van der Waals surface area contributed by atoms with Crippen LogP contribution < -0.4 is 5.32 Å². The molecule has 10 heteroatoms. The number of nitrogens with one attached hydrogen (secondary N) is 1. The second-order valence-electron chi connectivity index (χ2n) is 10.2. The number of hydrogen-bond acceptors (Lipinski definition) is 7. The quantitative estimate of drug-likeness (QED) is 0.437. The van der Waals surface area contributed by atoms with Crippen LogP contribution >= 0.6 is 11.6 Å². The Hall–Kier alpha value is -2.75. The van der Waals surface area contributed by atoms with E-state index in [1.807, 2.05) is 18.7 Å². The number of halogens is 1. The number of likely N-dealkylation sites (tertiary alicyclic amines) is 1. The zero-order valence-corrected chi connectivity index (χ0v) is 22.9.